The quantitative estimate of drug-likeness (QED) is 0.341. The van der Waals surface area contributed by atoms with Crippen molar-refractivity contribution in [2.45, 2.75) is 12.8 Å². The van der Waals surface area contributed by atoms with Crippen LogP contribution in [-0.4, -0.2) is 26.7 Å². The van der Waals surface area contributed by atoms with Crippen molar-refractivity contribution in [2.24, 2.45) is 0 Å². The molecule has 0 amide bonds. The summed E-state index contributed by atoms with van der Waals surface area (Å²) in [6.45, 7) is 0. The first kappa shape index (κ1) is 20.3. The fourth-order valence-corrected chi connectivity index (χ4v) is 5.70. The SMILES string of the molecule is OB(O)C1=c2[nH]c3c(-c4ccc5c(c4)c4ccccc4n5-c4ccccc4)cccc3c2=CCC1. The lowest BCUT2D eigenvalue weighted by Crippen LogP contribution is -2.34. The summed E-state index contributed by atoms with van der Waals surface area (Å²) in [6, 6.07) is 32.0. The maximum absolute atomic E-state index is 9.93. The summed E-state index contributed by atoms with van der Waals surface area (Å²) in [5.74, 6) is 0. The third-order valence-corrected chi connectivity index (χ3v) is 7.27. The van der Waals surface area contributed by atoms with E-state index in [0.29, 0.717) is 11.9 Å². The van der Waals surface area contributed by atoms with Crippen molar-refractivity contribution < 1.29 is 10.0 Å². The Morgan fingerprint density at radius 2 is 1.51 bits per heavy atom. The third kappa shape index (κ3) is 3.02. The summed E-state index contributed by atoms with van der Waals surface area (Å²) in [6.07, 6.45) is 3.65. The van der Waals surface area contributed by atoms with E-state index in [-0.39, 0.29) is 0 Å². The summed E-state index contributed by atoms with van der Waals surface area (Å²) in [5.41, 5.74) is 7.42. The van der Waals surface area contributed by atoms with E-state index in [0.717, 1.165) is 44.7 Å². The fourth-order valence-electron chi connectivity index (χ4n) is 5.70. The number of rotatable bonds is 3. The first-order valence-corrected chi connectivity index (χ1v) is 12.0. The van der Waals surface area contributed by atoms with Crippen molar-refractivity contribution >= 4 is 51.4 Å². The van der Waals surface area contributed by atoms with Crippen LogP contribution >= 0.6 is 0 Å². The molecule has 4 aromatic carbocycles. The predicted octanol–water partition coefficient (Wildman–Crippen LogP) is 4.67. The van der Waals surface area contributed by atoms with E-state index < -0.39 is 7.12 Å². The summed E-state index contributed by atoms with van der Waals surface area (Å²) >= 11 is 0. The van der Waals surface area contributed by atoms with Gasteiger partial charge in [-0.05, 0) is 54.2 Å². The molecule has 0 radical (unpaired) electrons. The highest BCUT2D eigenvalue weighted by atomic mass is 16.4. The van der Waals surface area contributed by atoms with E-state index in [1.807, 2.05) is 6.07 Å². The second-order valence-corrected chi connectivity index (χ2v) is 9.20. The van der Waals surface area contributed by atoms with E-state index in [2.05, 4.69) is 101 Å². The molecule has 35 heavy (non-hydrogen) atoms. The molecule has 1 aliphatic rings. The zero-order valence-corrected chi connectivity index (χ0v) is 19.1. The molecule has 1 aliphatic carbocycles. The van der Waals surface area contributed by atoms with Gasteiger partial charge >= 0.3 is 7.12 Å². The lowest BCUT2D eigenvalue weighted by atomic mass is 9.75. The van der Waals surface area contributed by atoms with Gasteiger partial charge in [0.05, 0.1) is 16.6 Å². The smallest absolute Gasteiger partial charge is 0.423 e. The van der Waals surface area contributed by atoms with Gasteiger partial charge in [0.1, 0.15) is 0 Å². The standard InChI is InChI=1S/C30H23BN2O2/c34-31(35)26-14-7-13-24-23-12-6-11-21(29(23)32-30(24)26)19-16-17-28-25(18-19)22-10-4-5-15-27(22)33(28)20-8-2-1-3-9-20/h1-6,8-13,15-18,32,34-35H,7,14H2. The van der Waals surface area contributed by atoms with E-state index in [4.69, 9.17) is 0 Å². The van der Waals surface area contributed by atoms with Crippen LogP contribution in [0, 0.1) is 0 Å². The Hall–Kier alpha value is -4.06. The molecule has 4 nitrogen and oxygen atoms in total. The van der Waals surface area contributed by atoms with Gasteiger partial charge in [0.15, 0.2) is 0 Å². The minimum absolute atomic E-state index is 0.651. The van der Waals surface area contributed by atoms with E-state index in [1.54, 1.807) is 0 Å². The molecule has 0 unspecified atom stereocenters. The van der Waals surface area contributed by atoms with Crippen LogP contribution in [0.15, 0.2) is 91.0 Å². The van der Waals surface area contributed by atoms with Crippen LogP contribution in [0.3, 0.4) is 0 Å². The van der Waals surface area contributed by atoms with Gasteiger partial charge in [0, 0.05) is 38.0 Å². The molecule has 3 N–H and O–H groups in total. The molecule has 0 spiro atoms. The highest BCUT2D eigenvalue weighted by Crippen LogP contribution is 2.36. The average molecular weight is 454 g/mol. The molecule has 0 bridgehead atoms. The van der Waals surface area contributed by atoms with Gasteiger partial charge in [-0.2, -0.15) is 0 Å². The average Bonchev–Trinajstić information content (AvgIpc) is 3.44. The number of hydrogen-bond donors (Lipinski definition) is 3. The molecule has 2 aromatic heterocycles. The van der Waals surface area contributed by atoms with Crippen LogP contribution in [0.25, 0.3) is 61.1 Å². The zero-order chi connectivity index (χ0) is 23.5. The molecular weight excluding hydrogens is 431 g/mol. The van der Waals surface area contributed by atoms with Gasteiger partial charge in [-0.25, -0.2) is 0 Å². The van der Waals surface area contributed by atoms with Crippen molar-refractivity contribution in [1.29, 1.82) is 0 Å². The first-order valence-electron chi connectivity index (χ1n) is 12.0. The van der Waals surface area contributed by atoms with Gasteiger partial charge in [-0.15, -0.1) is 0 Å². The van der Waals surface area contributed by atoms with Crippen molar-refractivity contribution in [3.8, 4) is 16.8 Å². The lowest BCUT2D eigenvalue weighted by molar-refractivity contribution is 0.424. The number of para-hydroxylation sites is 3. The monoisotopic (exact) mass is 454 g/mol. The maximum atomic E-state index is 9.93. The van der Waals surface area contributed by atoms with Gasteiger partial charge < -0.3 is 19.6 Å². The Bertz CT molecular complexity index is 1880. The van der Waals surface area contributed by atoms with Crippen LogP contribution in [0.2, 0.25) is 0 Å². The number of aromatic nitrogens is 2. The molecule has 0 fully saturated rings. The van der Waals surface area contributed by atoms with Crippen LogP contribution in [-0.2, 0) is 0 Å². The highest BCUT2D eigenvalue weighted by molar-refractivity contribution is 6.63. The normalized spacial score (nSPS) is 13.4. The van der Waals surface area contributed by atoms with E-state index >= 15 is 0 Å². The topological polar surface area (TPSA) is 61.2 Å². The number of hydrogen-bond acceptors (Lipinski definition) is 2. The second-order valence-electron chi connectivity index (χ2n) is 9.20. The number of fused-ring (bicyclic) bond motifs is 6. The second kappa shape index (κ2) is 7.74. The van der Waals surface area contributed by atoms with Crippen LogP contribution in [0.5, 0.6) is 0 Å². The number of nitrogens with zero attached hydrogens (tertiary/aromatic N) is 1. The molecule has 0 atom stereocenters. The third-order valence-electron chi connectivity index (χ3n) is 7.27. The largest absolute Gasteiger partial charge is 0.486 e. The van der Waals surface area contributed by atoms with Crippen molar-refractivity contribution in [1.82, 2.24) is 9.55 Å². The zero-order valence-electron chi connectivity index (χ0n) is 19.1. The minimum Gasteiger partial charge on any atom is -0.423 e. The number of benzene rings is 4. The Kier molecular flexibility index (Phi) is 4.49. The molecule has 0 saturated heterocycles. The Balaban J connectivity index is 1.52. The Morgan fingerprint density at radius 1 is 0.743 bits per heavy atom. The van der Waals surface area contributed by atoms with Crippen LogP contribution < -0.4 is 10.6 Å². The van der Waals surface area contributed by atoms with E-state index in [1.165, 1.54) is 21.8 Å². The molecule has 5 heteroatoms. The molecular formula is C30H23BN2O2. The summed E-state index contributed by atoms with van der Waals surface area (Å²) in [7, 11) is -1.44. The van der Waals surface area contributed by atoms with Gasteiger partial charge in [-0.3, -0.25) is 0 Å². The summed E-state index contributed by atoms with van der Waals surface area (Å²) in [4.78, 5) is 3.54. The Labute approximate surface area is 202 Å². The summed E-state index contributed by atoms with van der Waals surface area (Å²) < 4.78 is 2.32. The van der Waals surface area contributed by atoms with Gasteiger partial charge in [-0.1, -0.05) is 66.7 Å². The van der Waals surface area contributed by atoms with Gasteiger partial charge in [0.2, 0.25) is 0 Å². The van der Waals surface area contributed by atoms with Crippen molar-refractivity contribution in [2.75, 3.05) is 0 Å². The number of aromatic amines is 1. The predicted molar refractivity (Wildman–Crippen MR) is 145 cm³/mol. The summed E-state index contributed by atoms with van der Waals surface area (Å²) in [5, 5.41) is 25.3. The van der Waals surface area contributed by atoms with Crippen molar-refractivity contribution in [3.05, 3.63) is 102 Å². The molecule has 7 rings (SSSR count). The fraction of sp³-hybridized carbons (Fsp3) is 0.0667. The molecule has 6 aromatic rings. The van der Waals surface area contributed by atoms with Crippen LogP contribution in [0.1, 0.15) is 12.8 Å². The minimum atomic E-state index is -1.44. The van der Waals surface area contributed by atoms with Crippen LogP contribution in [0.4, 0.5) is 0 Å². The molecule has 168 valence electrons. The first-order chi connectivity index (χ1) is 17.2. The molecule has 0 aliphatic heterocycles. The lowest BCUT2D eigenvalue weighted by Gasteiger charge is -2.08. The van der Waals surface area contributed by atoms with Gasteiger partial charge in [0.25, 0.3) is 0 Å². The van der Waals surface area contributed by atoms with Crippen molar-refractivity contribution in [3.63, 3.8) is 0 Å². The number of nitrogens with one attached hydrogen (secondary N) is 1. The molecule has 0 saturated carbocycles. The van der Waals surface area contributed by atoms with E-state index in [9.17, 15) is 10.0 Å². The number of H-pyrrole nitrogens is 1. The Morgan fingerprint density at radius 3 is 2.37 bits per heavy atom. The maximum Gasteiger partial charge on any atom is 0.486 e. The highest BCUT2D eigenvalue weighted by Gasteiger charge is 2.21. The molecule has 2 heterocycles.